The van der Waals surface area contributed by atoms with E-state index in [4.69, 9.17) is 21.7 Å². The fourth-order valence-corrected chi connectivity index (χ4v) is 6.31. The molecule has 0 amide bonds. The number of ether oxygens (including phenoxy) is 2. The molecule has 5 aromatic rings. The van der Waals surface area contributed by atoms with Gasteiger partial charge in [0.05, 0.1) is 7.11 Å². The van der Waals surface area contributed by atoms with Gasteiger partial charge in [-0.05, 0) is 77.1 Å². The number of thiocarbonyl (C=S) groups is 1. The lowest BCUT2D eigenvalue weighted by Gasteiger charge is -2.35. The zero-order valence-electron chi connectivity index (χ0n) is 23.9. The standard InChI is InChI=1S/C38H35NO2S/c1-40-38(42)34-21-10-8-18-32(34)26-39-36-22-11-9-17-31(36)25-37(39)35(23-28-13-4-2-5-14-28)30-19-12-20-33(24-30)41-27-29-15-6-3-7-16-29/h2-22,24,35,37H,23,25-27H2,1H3. The average Bonchev–Trinajstić information content (AvgIpc) is 3.41. The number of fused-ring (bicyclic) bond motifs is 1. The first kappa shape index (κ1) is 27.7. The van der Waals surface area contributed by atoms with Gasteiger partial charge in [-0.15, -0.1) is 0 Å². The molecule has 1 aliphatic heterocycles. The van der Waals surface area contributed by atoms with Crippen LogP contribution in [0, 0.1) is 0 Å². The zero-order valence-corrected chi connectivity index (χ0v) is 24.7. The van der Waals surface area contributed by atoms with Crippen molar-refractivity contribution in [2.45, 2.75) is 38.0 Å². The number of hydrogen-bond donors (Lipinski definition) is 0. The van der Waals surface area contributed by atoms with Gasteiger partial charge in [0.15, 0.2) is 5.05 Å². The molecule has 2 unspecified atom stereocenters. The summed E-state index contributed by atoms with van der Waals surface area (Å²) in [6.45, 7) is 1.29. The largest absolute Gasteiger partial charge is 0.489 e. The summed E-state index contributed by atoms with van der Waals surface area (Å²) in [5, 5.41) is 0.527. The second-order valence-electron chi connectivity index (χ2n) is 10.8. The number of para-hydroxylation sites is 1. The Labute approximate surface area is 254 Å². The van der Waals surface area contributed by atoms with Gasteiger partial charge in [-0.25, -0.2) is 0 Å². The molecule has 0 fully saturated rings. The molecule has 0 saturated carbocycles. The van der Waals surface area contributed by atoms with E-state index in [1.54, 1.807) is 7.11 Å². The topological polar surface area (TPSA) is 21.7 Å². The first-order chi connectivity index (χ1) is 20.7. The van der Waals surface area contributed by atoms with Crippen molar-refractivity contribution in [3.05, 3.63) is 167 Å². The van der Waals surface area contributed by atoms with Crippen molar-refractivity contribution in [3.8, 4) is 5.75 Å². The molecule has 1 aliphatic rings. The fourth-order valence-electron chi connectivity index (χ4n) is 6.11. The smallest absolute Gasteiger partial charge is 0.191 e. The monoisotopic (exact) mass is 569 g/mol. The van der Waals surface area contributed by atoms with Crippen molar-refractivity contribution >= 4 is 23.0 Å². The van der Waals surface area contributed by atoms with Crippen LogP contribution in [-0.2, 0) is 30.7 Å². The summed E-state index contributed by atoms with van der Waals surface area (Å²) in [6, 6.07) is 47.3. The summed E-state index contributed by atoms with van der Waals surface area (Å²) >= 11 is 5.59. The van der Waals surface area contributed by atoms with Crippen LogP contribution >= 0.6 is 12.2 Å². The number of nitrogens with zero attached hydrogens (tertiary/aromatic N) is 1. The Morgan fingerprint density at radius 1 is 0.786 bits per heavy atom. The van der Waals surface area contributed by atoms with Gasteiger partial charge in [0.25, 0.3) is 0 Å². The van der Waals surface area contributed by atoms with Crippen molar-refractivity contribution in [2.24, 2.45) is 0 Å². The van der Waals surface area contributed by atoms with E-state index in [0.717, 1.165) is 36.3 Å². The predicted molar refractivity (Wildman–Crippen MR) is 175 cm³/mol. The van der Waals surface area contributed by atoms with E-state index in [1.165, 1.54) is 27.9 Å². The van der Waals surface area contributed by atoms with Crippen molar-refractivity contribution in [3.63, 3.8) is 0 Å². The Balaban J connectivity index is 1.37. The van der Waals surface area contributed by atoms with Crippen LogP contribution in [0.1, 0.15) is 39.3 Å². The van der Waals surface area contributed by atoms with Crippen molar-refractivity contribution < 1.29 is 9.47 Å². The van der Waals surface area contributed by atoms with E-state index in [1.807, 2.05) is 12.1 Å². The van der Waals surface area contributed by atoms with E-state index in [-0.39, 0.29) is 12.0 Å². The lowest BCUT2D eigenvalue weighted by molar-refractivity contribution is 0.305. The van der Waals surface area contributed by atoms with Gasteiger partial charge >= 0.3 is 0 Å². The molecule has 210 valence electrons. The third kappa shape index (κ3) is 6.24. The predicted octanol–water partition coefficient (Wildman–Crippen LogP) is 8.55. The van der Waals surface area contributed by atoms with Crippen LogP contribution in [0.25, 0.3) is 0 Å². The van der Waals surface area contributed by atoms with E-state index in [0.29, 0.717) is 11.7 Å². The molecule has 2 atom stereocenters. The lowest BCUT2D eigenvalue weighted by atomic mass is 9.83. The Morgan fingerprint density at radius 3 is 2.26 bits per heavy atom. The minimum absolute atomic E-state index is 0.238. The SMILES string of the molecule is COC(=S)c1ccccc1CN1c2ccccc2CC1C(Cc1ccccc1)c1cccc(OCc2ccccc2)c1. The van der Waals surface area contributed by atoms with Crippen molar-refractivity contribution in [1.82, 2.24) is 0 Å². The molecular weight excluding hydrogens is 534 g/mol. The van der Waals surface area contributed by atoms with Crippen molar-refractivity contribution in [2.75, 3.05) is 12.0 Å². The summed E-state index contributed by atoms with van der Waals surface area (Å²) in [5.41, 5.74) is 8.59. The number of hydrogen-bond acceptors (Lipinski definition) is 4. The van der Waals surface area contributed by atoms with Crippen LogP contribution in [0.5, 0.6) is 5.75 Å². The molecule has 1 heterocycles. The first-order valence-electron chi connectivity index (χ1n) is 14.5. The van der Waals surface area contributed by atoms with Gasteiger partial charge in [0.1, 0.15) is 12.4 Å². The Hall–Kier alpha value is -4.41. The molecular formula is C38H35NO2S. The number of benzene rings is 5. The highest BCUT2D eigenvalue weighted by Gasteiger charge is 2.36. The maximum atomic E-state index is 6.29. The third-order valence-electron chi connectivity index (χ3n) is 8.19. The van der Waals surface area contributed by atoms with Crippen LogP contribution < -0.4 is 9.64 Å². The van der Waals surface area contributed by atoms with Crippen LogP contribution in [0.2, 0.25) is 0 Å². The Kier molecular flexibility index (Phi) is 8.62. The molecule has 5 aromatic carbocycles. The summed E-state index contributed by atoms with van der Waals surface area (Å²) in [6.07, 6.45) is 1.90. The maximum Gasteiger partial charge on any atom is 0.191 e. The summed E-state index contributed by atoms with van der Waals surface area (Å²) < 4.78 is 11.8. The summed E-state index contributed by atoms with van der Waals surface area (Å²) in [4.78, 5) is 2.58. The van der Waals surface area contributed by atoms with E-state index >= 15 is 0 Å². The van der Waals surface area contributed by atoms with Gasteiger partial charge in [-0.1, -0.05) is 109 Å². The van der Waals surface area contributed by atoms with Gasteiger partial charge in [-0.3, -0.25) is 0 Å². The molecule has 0 radical (unpaired) electrons. The second-order valence-corrected chi connectivity index (χ2v) is 11.2. The lowest BCUT2D eigenvalue weighted by Crippen LogP contribution is -2.38. The van der Waals surface area contributed by atoms with Gasteiger partial charge in [0, 0.05) is 29.8 Å². The molecule has 42 heavy (non-hydrogen) atoms. The first-order valence-corrected chi connectivity index (χ1v) is 14.9. The Morgan fingerprint density at radius 2 is 1.48 bits per heavy atom. The van der Waals surface area contributed by atoms with E-state index in [2.05, 4.69) is 126 Å². The third-order valence-corrected chi connectivity index (χ3v) is 8.58. The zero-order chi connectivity index (χ0) is 28.7. The highest BCUT2D eigenvalue weighted by Crippen LogP contribution is 2.41. The highest BCUT2D eigenvalue weighted by molar-refractivity contribution is 7.80. The van der Waals surface area contributed by atoms with Gasteiger partial charge in [0.2, 0.25) is 0 Å². The van der Waals surface area contributed by atoms with Crippen LogP contribution in [0.4, 0.5) is 5.69 Å². The Bertz CT molecular complexity index is 1640. The van der Waals surface area contributed by atoms with Crippen LogP contribution in [0.3, 0.4) is 0 Å². The quantitative estimate of drug-likeness (QED) is 0.157. The molecule has 0 spiro atoms. The molecule has 0 aliphatic carbocycles. The van der Waals surface area contributed by atoms with Crippen molar-refractivity contribution in [1.29, 1.82) is 0 Å². The number of anilines is 1. The van der Waals surface area contributed by atoms with Gasteiger partial charge in [-0.2, -0.15) is 0 Å². The minimum atomic E-state index is 0.238. The van der Waals surface area contributed by atoms with Crippen LogP contribution in [0.15, 0.2) is 133 Å². The fraction of sp³-hybridized carbons (Fsp3) is 0.184. The molecule has 0 saturated heterocycles. The highest BCUT2D eigenvalue weighted by atomic mass is 32.1. The molecule has 6 rings (SSSR count). The normalized spacial score (nSPS) is 14.7. The average molecular weight is 570 g/mol. The molecule has 3 nitrogen and oxygen atoms in total. The summed E-state index contributed by atoms with van der Waals surface area (Å²) in [7, 11) is 1.65. The molecule has 0 aromatic heterocycles. The molecule has 0 bridgehead atoms. The minimum Gasteiger partial charge on any atom is -0.489 e. The number of rotatable bonds is 10. The van der Waals surface area contributed by atoms with Gasteiger partial charge < -0.3 is 14.4 Å². The van der Waals surface area contributed by atoms with E-state index < -0.39 is 0 Å². The maximum absolute atomic E-state index is 6.29. The summed E-state index contributed by atoms with van der Waals surface area (Å²) in [5.74, 6) is 1.13. The molecule has 4 heteroatoms. The molecule has 0 N–H and O–H groups in total. The number of methoxy groups -OCH3 is 1. The van der Waals surface area contributed by atoms with E-state index in [9.17, 15) is 0 Å². The van der Waals surface area contributed by atoms with Crippen LogP contribution in [-0.4, -0.2) is 18.2 Å². The second kappa shape index (κ2) is 13.1.